The minimum atomic E-state index is -0.432. The Kier molecular flexibility index (Phi) is 11.2. The first kappa shape index (κ1) is 15.8. The first-order valence-electron chi connectivity index (χ1n) is 6.23. The number of rotatable bonds is 11. The molecule has 16 heavy (non-hydrogen) atoms. The van der Waals surface area contributed by atoms with E-state index in [2.05, 4.69) is 26.1 Å². The smallest absolute Gasteiger partial charge is 0.0897 e. The van der Waals surface area contributed by atoms with Crippen molar-refractivity contribution in [3.05, 3.63) is 0 Å². The fourth-order valence-electron chi connectivity index (χ4n) is 1.12. The molecule has 0 spiro atoms. The summed E-state index contributed by atoms with van der Waals surface area (Å²) in [5.41, 5.74) is 0. The van der Waals surface area contributed by atoms with Crippen LogP contribution in [0.3, 0.4) is 0 Å². The number of nitrogens with one attached hydrogen (secondary N) is 1. The Morgan fingerprint density at radius 3 is 2.44 bits per heavy atom. The monoisotopic (exact) mass is 233 g/mol. The maximum Gasteiger partial charge on any atom is 0.0897 e. The van der Waals surface area contributed by atoms with Gasteiger partial charge in [-0.3, -0.25) is 0 Å². The molecule has 0 rings (SSSR count). The predicted molar refractivity (Wildman–Crippen MR) is 65.7 cm³/mol. The van der Waals surface area contributed by atoms with Gasteiger partial charge < -0.3 is 19.9 Å². The number of unbranched alkanes of at least 4 members (excludes halogenated alkanes) is 1. The first-order valence-corrected chi connectivity index (χ1v) is 6.23. The lowest BCUT2D eigenvalue weighted by Gasteiger charge is -2.14. The molecule has 0 bridgehead atoms. The van der Waals surface area contributed by atoms with Gasteiger partial charge in [0.1, 0.15) is 0 Å². The van der Waals surface area contributed by atoms with Crippen molar-refractivity contribution < 1.29 is 14.6 Å². The average Bonchev–Trinajstić information content (AvgIpc) is 2.25. The Morgan fingerprint density at radius 2 is 1.81 bits per heavy atom. The maximum absolute atomic E-state index is 9.51. The zero-order chi connectivity index (χ0) is 12.2. The summed E-state index contributed by atoms with van der Waals surface area (Å²) in [6.45, 7) is 9.16. The van der Waals surface area contributed by atoms with E-state index in [0.29, 0.717) is 32.4 Å². The topological polar surface area (TPSA) is 50.7 Å². The summed E-state index contributed by atoms with van der Waals surface area (Å²) in [6.07, 6.45) is 1.82. The summed E-state index contributed by atoms with van der Waals surface area (Å²) in [5.74, 6) is 0. The van der Waals surface area contributed by atoms with Crippen molar-refractivity contribution in [2.24, 2.45) is 0 Å². The molecule has 0 amide bonds. The van der Waals surface area contributed by atoms with Crippen LogP contribution in [-0.4, -0.2) is 50.2 Å². The SMILES string of the molecule is CCCCOCCOCC(O)CNC(C)C. The quantitative estimate of drug-likeness (QED) is 0.526. The lowest BCUT2D eigenvalue weighted by atomic mass is 10.3. The zero-order valence-corrected chi connectivity index (χ0v) is 10.9. The van der Waals surface area contributed by atoms with Crippen LogP contribution in [0.4, 0.5) is 0 Å². The van der Waals surface area contributed by atoms with Crippen LogP contribution in [0, 0.1) is 0 Å². The average molecular weight is 233 g/mol. The Morgan fingerprint density at radius 1 is 1.12 bits per heavy atom. The van der Waals surface area contributed by atoms with Gasteiger partial charge in [0.2, 0.25) is 0 Å². The molecule has 4 nitrogen and oxygen atoms in total. The van der Waals surface area contributed by atoms with E-state index in [0.717, 1.165) is 19.4 Å². The molecule has 1 atom stereocenters. The fourth-order valence-corrected chi connectivity index (χ4v) is 1.12. The molecule has 2 N–H and O–H groups in total. The van der Waals surface area contributed by atoms with Crippen LogP contribution in [0.1, 0.15) is 33.6 Å². The zero-order valence-electron chi connectivity index (χ0n) is 10.9. The van der Waals surface area contributed by atoms with Crippen molar-refractivity contribution in [1.29, 1.82) is 0 Å². The maximum atomic E-state index is 9.51. The van der Waals surface area contributed by atoms with Gasteiger partial charge in [-0.05, 0) is 6.42 Å². The van der Waals surface area contributed by atoms with E-state index in [1.54, 1.807) is 0 Å². The van der Waals surface area contributed by atoms with Gasteiger partial charge in [0.15, 0.2) is 0 Å². The number of hydrogen-bond donors (Lipinski definition) is 2. The van der Waals surface area contributed by atoms with Crippen LogP contribution >= 0.6 is 0 Å². The highest BCUT2D eigenvalue weighted by atomic mass is 16.5. The standard InChI is InChI=1S/C12H27NO3/c1-4-5-6-15-7-8-16-10-12(14)9-13-11(2)3/h11-14H,4-10H2,1-3H3. The highest BCUT2D eigenvalue weighted by Crippen LogP contribution is 1.89. The minimum absolute atomic E-state index is 0.372. The van der Waals surface area contributed by atoms with Crippen molar-refractivity contribution in [2.45, 2.75) is 45.8 Å². The molecule has 1 unspecified atom stereocenters. The molecule has 0 aromatic carbocycles. The first-order chi connectivity index (χ1) is 7.66. The lowest BCUT2D eigenvalue weighted by molar-refractivity contribution is 0.00346. The van der Waals surface area contributed by atoms with E-state index in [4.69, 9.17) is 9.47 Å². The summed E-state index contributed by atoms with van der Waals surface area (Å²) in [5, 5.41) is 12.7. The van der Waals surface area contributed by atoms with Gasteiger partial charge in [-0.25, -0.2) is 0 Å². The molecule has 0 aromatic heterocycles. The molecule has 0 radical (unpaired) electrons. The third-order valence-electron chi connectivity index (χ3n) is 2.09. The van der Waals surface area contributed by atoms with Crippen molar-refractivity contribution >= 4 is 0 Å². The second-order valence-corrected chi connectivity index (χ2v) is 4.26. The Labute approximate surface area is 99.3 Å². The molecule has 4 heteroatoms. The largest absolute Gasteiger partial charge is 0.389 e. The molecular weight excluding hydrogens is 206 g/mol. The van der Waals surface area contributed by atoms with Crippen molar-refractivity contribution in [2.75, 3.05) is 33.0 Å². The van der Waals surface area contributed by atoms with Crippen LogP contribution in [-0.2, 0) is 9.47 Å². The van der Waals surface area contributed by atoms with Crippen molar-refractivity contribution in [3.8, 4) is 0 Å². The molecule has 0 aromatic rings. The van der Waals surface area contributed by atoms with Crippen molar-refractivity contribution in [1.82, 2.24) is 5.32 Å². The van der Waals surface area contributed by atoms with E-state index in [-0.39, 0.29) is 0 Å². The van der Waals surface area contributed by atoms with Crippen molar-refractivity contribution in [3.63, 3.8) is 0 Å². The van der Waals surface area contributed by atoms with Gasteiger partial charge in [0.05, 0.1) is 25.9 Å². The highest BCUT2D eigenvalue weighted by Gasteiger charge is 2.04. The summed E-state index contributed by atoms with van der Waals surface area (Å²) < 4.78 is 10.6. The molecule has 0 fully saturated rings. The van der Waals surface area contributed by atoms with Crippen LogP contribution in [0.25, 0.3) is 0 Å². The Balaban J connectivity index is 3.12. The summed E-state index contributed by atoms with van der Waals surface area (Å²) >= 11 is 0. The summed E-state index contributed by atoms with van der Waals surface area (Å²) in [7, 11) is 0. The van der Waals surface area contributed by atoms with Crippen LogP contribution in [0.5, 0.6) is 0 Å². The van der Waals surface area contributed by atoms with E-state index < -0.39 is 6.10 Å². The van der Waals surface area contributed by atoms with Crippen LogP contribution in [0.2, 0.25) is 0 Å². The van der Waals surface area contributed by atoms with Gasteiger partial charge >= 0.3 is 0 Å². The normalized spacial score (nSPS) is 13.3. The molecule has 0 saturated carbocycles. The Hall–Kier alpha value is -0.160. The van der Waals surface area contributed by atoms with Gasteiger partial charge in [0, 0.05) is 19.2 Å². The summed E-state index contributed by atoms with van der Waals surface area (Å²) in [6, 6.07) is 0.395. The van der Waals surface area contributed by atoms with Gasteiger partial charge in [-0.15, -0.1) is 0 Å². The highest BCUT2D eigenvalue weighted by molar-refractivity contribution is 4.60. The van der Waals surface area contributed by atoms with E-state index >= 15 is 0 Å². The molecule has 0 aliphatic heterocycles. The third kappa shape index (κ3) is 11.9. The minimum Gasteiger partial charge on any atom is -0.389 e. The van der Waals surface area contributed by atoms with Gasteiger partial charge in [-0.1, -0.05) is 27.2 Å². The van der Waals surface area contributed by atoms with Crippen LogP contribution in [0.15, 0.2) is 0 Å². The lowest BCUT2D eigenvalue weighted by Crippen LogP contribution is -2.34. The number of aliphatic hydroxyl groups is 1. The van der Waals surface area contributed by atoms with Gasteiger partial charge in [-0.2, -0.15) is 0 Å². The van der Waals surface area contributed by atoms with Gasteiger partial charge in [0.25, 0.3) is 0 Å². The molecule has 0 aliphatic carbocycles. The number of aliphatic hydroxyl groups excluding tert-OH is 1. The van der Waals surface area contributed by atoms with E-state index in [1.807, 2.05) is 0 Å². The second-order valence-electron chi connectivity index (χ2n) is 4.26. The molecule has 0 saturated heterocycles. The summed E-state index contributed by atoms with van der Waals surface area (Å²) in [4.78, 5) is 0. The number of ether oxygens (including phenoxy) is 2. The number of hydrogen-bond acceptors (Lipinski definition) is 4. The molecular formula is C12H27NO3. The second kappa shape index (κ2) is 11.3. The fraction of sp³-hybridized carbons (Fsp3) is 1.00. The predicted octanol–water partition coefficient (Wildman–Crippen LogP) is 1.18. The van der Waals surface area contributed by atoms with Crippen LogP contribution < -0.4 is 5.32 Å². The van der Waals surface area contributed by atoms with E-state index in [9.17, 15) is 5.11 Å². The van der Waals surface area contributed by atoms with E-state index in [1.165, 1.54) is 0 Å². The Bertz CT molecular complexity index is 142. The molecule has 0 heterocycles. The third-order valence-corrected chi connectivity index (χ3v) is 2.09. The molecule has 98 valence electrons. The molecule has 0 aliphatic rings.